The first-order valence-electron chi connectivity index (χ1n) is 11.0. The highest BCUT2D eigenvalue weighted by Crippen LogP contribution is 2.72. The molecule has 0 saturated heterocycles. The van der Waals surface area contributed by atoms with Gasteiger partial charge in [-0.1, -0.05) is 58.0 Å². The fourth-order valence-electron chi connectivity index (χ4n) is 4.26. The average Bonchev–Trinajstić information content (AvgIpc) is 2.81. The van der Waals surface area contributed by atoms with Gasteiger partial charge in [0.25, 0.3) is 0 Å². The molecule has 1 heterocycles. The molecule has 1 unspecified atom stereocenters. The Morgan fingerprint density at radius 3 is 1.94 bits per heavy atom. The molecule has 3 rings (SSSR count). The molecule has 0 spiro atoms. The zero-order valence-electron chi connectivity index (χ0n) is 19.8. The number of terminal acetylenes is 2. The van der Waals surface area contributed by atoms with Gasteiger partial charge in [0, 0.05) is 34.8 Å². The quantitative estimate of drug-likeness (QED) is 0.368. The second kappa shape index (κ2) is 10.2. The second-order valence-corrected chi connectivity index (χ2v) is 11.7. The molecule has 0 aliphatic carbocycles. The Labute approximate surface area is 200 Å². The molecule has 0 aromatic heterocycles. The Balaban J connectivity index is 2.47. The lowest BCUT2D eigenvalue weighted by Crippen LogP contribution is -2.23. The molecule has 0 fully saturated rings. The van der Waals surface area contributed by atoms with Crippen LogP contribution in [0.15, 0.2) is 36.4 Å². The van der Waals surface area contributed by atoms with E-state index in [0.29, 0.717) is 11.8 Å². The molecule has 0 amide bonds. The van der Waals surface area contributed by atoms with Crippen molar-refractivity contribution in [3.8, 4) is 82.7 Å². The molecular weight excluding hydrogens is 415 g/mol. The smallest absolute Gasteiger partial charge is 0.106 e. The van der Waals surface area contributed by atoms with Crippen molar-refractivity contribution < 1.29 is 0 Å². The lowest BCUT2D eigenvalue weighted by Gasteiger charge is -2.33. The Morgan fingerprint density at radius 2 is 1.39 bits per heavy atom. The highest BCUT2D eigenvalue weighted by molar-refractivity contribution is 7.92. The topological polar surface area (TPSA) is 0 Å². The summed E-state index contributed by atoms with van der Waals surface area (Å²) >= 11 is 0. The second-order valence-electron chi connectivity index (χ2n) is 8.56. The van der Waals surface area contributed by atoms with Crippen molar-refractivity contribution in [1.29, 1.82) is 0 Å². The molecule has 0 nitrogen and oxygen atoms in total. The van der Waals surface area contributed by atoms with Crippen LogP contribution in [-0.4, -0.2) is 0 Å². The van der Waals surface area contributed by atoms with Gasteiger partial charge in [-0.3, -0.25) is 0 Å². The maximum atomic E-state index is 5.30. The van der Waals surface area contributed by atoms with Gasteiger partial charge in [0.05, 0.1) is 0 Å². The number of hydrogen-bond acceptors (Lipinski definition) is 0. The van der Waals surface area contributed by atoms with Gasteiger partial charge < -0.3 is 0 Å². The SMILES string of the molecule is C#CC#CC#C[P+]1(C#CC#CC#C)c2ccccc2-c2c(C(C)C)cc(C(C)C)cc2C1C. The fourth-order valence-corrected chi connectivity index (χ4v) is 7.33. The van der Waals surface area contributed by atoms with Crippen molar-refractivity contribution >= 4 is 12.6 Å². The van der Waals surface area contributed by atoms with E-state index in [9.17, 15) is 0 Å². The van der Waals surface area contributed by atoms with Crippen molar-refractivity contribution in [2.45, 2.75) is 52.1 Å². The van der Waals surface area contributed by atoms with Crippen molar-refractivity contribution in [2.24, 2.45) is 0 Å². The molecule has 1 aliphatic rings. The van der Waals surface area contributed by atoms with Gasteiger partial charge in [0.15, 0.2) is 0 Å². The van der Waals surface area contributed by atoms with E-state index in [4.69, 9.17) is 12.8 Å². The lowest BCUT2D eigenvalue weighted by molar-refractivity contribution is 0.827. The molecule has 2 aromatic rings. The molecule has 1 heteroatoms. The maximum Gasteiger partial charge on any atom is 0.211 e. The van der Waals surface area contributed by atoms with Crippen LogP contribution in [0.3, 0.4) is 0 Å². The van der Waals surface area contributed by atoms with E-state index in [0.717, 1.165) is 0 Å². The van der Waals surface area contributed by atoms with Gasteiger partial charge in [-0.05, 0) is 65.2 Å². The number of rotatable bonds is 2. The van der Waals surface area contributed by atoms with Crippen LogP contribution >= 0.6 is 7.26 Å². The van der Waals surface area contributed by atoms with E-state index < -0.39 is 7.26 Å². The summed E-state index contributed by atoms with van der Waals surface area (Å²) in [5.74, 6) is 22.3. The summed E-state index contributed by atoms with van der Waals surface area (Å²) in [6.07, 6.45) is 10.6. The Bertz CT molecular complexity index is 1370. The third-order valence-corrected chi connectivity index (χ3v) is 9.47. The molecule has 0 bridgehead atoms. The summed E-state index contributed by atoms with van der Waals surface area (Å²) in [6, 6.07) is 13.2. The first-order chi connectivity index (χ1) is 15.9. The van der Waals surface area contributed by atoms with Crippen LogP contribution in [-0.2, 0) is 0 Å². The zero-order chi connectivity index (χ0) is 24.0. The van der Waals surface area contributed by atoms with Gasteiger partial charge in [-0.2, -0.15) is 0 Å². The molecule has 0 N–H and O–H groups in total. The van der Waals surface area contributed by atoms with E-state index >= 15 is 0 Å². The lowest BCUT2D eigenvalue weighted by atomic mass is 9.84. The standard InChI is InChI=1S/C32H26P/c1-8-10-12-16-20-33(21-17-13-11-9-2)26(7)30-23-27(24(3)4)22-29(25(5)6)32(30)28-18-14-15-19-31(28)33/h1-2,14-15,18-19,22-26H,3-7H3/q+1. The largest absolute Gasteiger partial charge is 0.211 e. The summed E-state index contributed by atoms with van der Waals surface area (Å²) in [5.41, 5.74) is 13.6. The minimum Gasteiger partial charge on any atom is -0.106 e. The Kier molecular flexibility index (Phi) is 7.41. The summed E-state index contributed by atoms with van der Waals surface area (Å²) in [4.78, 5) is 0. The van der Waals surface area contributed by atoms with Crippen LogP contribution in [0.4, 0.5) is 0 Å². The third-order valence-electron chi connectivity index (χ3n) is 5.95. The summed E-state index contributed by atoms with van der Waals surface area (Å²) in [5, 5.41) is 1.18. The molecule has 0 saturated carbocycles. The molecule has 1 atom stereocenters. The van der Waals surface area contributed by atoms with Gasteiger partial charge in [0.2, 0.25) is 7.26 Å². The predicted octanol–water partition coefficient (Wildman–Crippen LogP) is 6.51. The third kappa shape index (κ3) is 4.56. The predicted molar refractivity (Wildman–Crippen MR) is 144 cm³/mol. The molecule has 1 aliphatic heterocycles. The molecule has 0 radical (unpaired) electrons. The van der Waals surface area contributed by atoms with Crippen LogP contribution in [0.2, 0.25) is 0 Å². The van der Waals surface area contributed by atoms with Crippen LogP contribution in [0.1, 0.15) is 68.8 Å². The summed E-state index contributed by atoms with van der Waals surface area (Å²) in [6.45, 7) is 11.2. The summed E-state index contributed by atoms with van der Waals surface area (Å²) < 4.78 is 0. The number of benzene rings is 2. The summed E-state index contributed by atoms with van der Waals surface area (Å²) in [7, 11) is -2.35. The maximum absolute atomic E-state index is 5.30. The Hall–Kier alpha value is -3.77. The van der Waals surface area contributed by atoms with Crippen molar-refractivity contribution in [2.75, 3.05) is 0 Å². The minimum atomic E-state index is -2.35. The first kappa shape index (κ1) is 23.9. The van der Waals surface area contributed by atoms with Gasteiger partial charge in [0.1, 0.15) is 22.3 Å². The highest BCUT2D eigenvalue weighted by Gasteiger charge is 2.52. The van der Waals surface area contributed by atoms with E-state index in [2.05, 4.69) is 130 Å². The van der Waals surface area contributed by atoms with Crippen molar-refractivity contribution in [1.82, 2.24) is 0 Å². The van der Waals surface area contributed by atoms with Gasteiger partial charge in [-0.25, -0.2) is 0 Å². The van der Waals surface area contributed by atoms with Crippen molar-refractivity contribution in [3.05, 3.63) is 53.1 Å². The van der Waals surface area contributed by atoms with Crippen LogP contribution < -0.4 is 5.30 Å². The van der Waals surface area contributed by atoms with E-state index in [-0.39, 0.29) is 5.66 Å². The molecule has 2 aromatic carbocycles. The highest BCUT2D eigenvalue weighted by atomic mass is 31.2. The fraction of sp³-hybridized carbons (Fsp3) is 0.250. The number of hydrogen-bond donors (Lipinski definition) is 0. The first-order valence-corrected chi connectivity index (χ1v) is 12.8. The van der Waals surface area contributed by atoms with Crippen LogP contribution in [0.25, 0.3) is 11.1 Å². The van der Waals surface area contributed by atoms with E-state index in [1.165, 1.54) is 33.1 Å². The van der Waals surface area contributed by atoms with Crippen LogP contribution in [0, 0.1) is 71.5 Å². The molecular formula is C32H26P+. The van der Waals surface area contributed by atoms with Gasteiger partial charge >= 0.3 is 0 Å². The monoisotopic (exact) mass is 441 g/mol. The van der Waals surface area contributed by atoms with Gasteiger partial charge in [-0.15, -0.1) is 12.8 Å². The van der Waals surface area contributed by atoms with Crippen molar-refractivity contribution in [3.63, 3.8) is 0 Å². The molecule has 33 heavy (non-hydrogen) atoms. The Morgan fingerprint density at radius 1 is 0.788 bits per heavy atom. The number of fused-ring (bicyclic) bond motifs is 3. The zero-order valence-corrected chi connectivity index (χ0v) is 20.7. The van der Waals surface area contributed by atoms with E-state index in [1.54, 1.807) is 0 Å². The molecule has 158 valence electrons. The normalized spacial score (nSPS) is 14.3. The minimum absolute atomic E-state index is 0.0962. The van der Waals surface area contributed by atoms with Crippen LogP contribution in [0.5, 0.6) is 0 Å². The van der Waals surface area contributed by atoms with E-state index in [1.807, 2.05) is 0 Å². The average molecular weight is 442 g/mol.